The predicted octanol–water partition coefficient (Wildman–Crippen LogP) is 3.23. The van der Waals surface area contributed by atoms with Crippen molar-refractivity contribution in [1.29, 1.82) is 0 Å². The lowest BCUT2D eigenvalue weighted by atomic mass is 9.96. The number of nitrogens with one attached hydrogen (secondary N) is 2. The second-order valence-corrected chi connectivity index (χ2v) is 9.13. The van der Waals surface area contributed by atoms with E-state index in [4.69, 9.17) is 9.47 Å². The molecule has 8 heteroatoms. The molecule has 0 spiro atoms. The van der Waals surface area contributed by atoms with E-state index < -0.39 is 43.3 Å². The molecule has 0 radical (unpaired) electrons. The van der Waals surface area contributed by atoms with Crippen LogP contribution in [0.4, 0.5) is 4.79 Å². The van der Waals surface area contributed by atoms with E-state index in [9.17, 15) is 20.1 Å². The van der Waals surface area contributed by atoms with Crippen molar-refractivity contribution in [3.63, 3.8) is 0 Å². The van der Waals surface area contributed by atoms with Gasteiger partial charge in [-0.3, -0.25) is 5.32 Å². The number of rotatable bonds is 16. The van der Waals surface area contributed by atoms with Crippen molar-refractivity contribution < 1.29 is 29.6 Å². The summed E-state index contributed by atoms with van der Waals surface area (Å²) in [5.41, 5.74) is 0.842. The number of hydrogen-bond acceptors (Lipinski definition) is 7. The fraction of sp³-hybridized carbons (Fsp3) is 0.731. The first kappa shape index (κ1) is 28.5. The van der Waals surface area contributed by atoms with Gasteiger partial charge in [0.1, 0.15) is 37.2 Å². The maximum atomic E-state index is 12.3. The standard InChI is InChI=1S/C26H44N2O6/c1-2-3-4-5-6-7-8-9-10-14-17-27-25-22(24(31)23(30)21(18-29)34-25)28-26(32)33-19-20-15-12-11-13-16-20/h11-13,15-16,21-25,27,29-31H,2-10,14,17-19H2,1H3,(H,28,32)/t21-,22-,23-,24-,25-/m1/s1. The minimum Gasteiger partial charge on any atom is -0.445 e. The van der Waals surface area contributed by atoms with E-state index in [1.54, 1.807) is 0 Å². The molecule has 0 unspecified atom stereocenters. The summed E-state index contributed by atoms with van der Waals surface area (Å²) in [7, 11) is 0. The number of ether oxygens (including phenoxy) is 2. The summed E-state index contributed by atoms with van der Waals surface area (Å²) < 4.78 is 11.0. The minimum absolute atomic E-state index is 0.0921. The van der Waals surface area contributed by atoms with Crippen LogP contribution in [0.5, 0.6) is 0 Å². The maximum absolute atomic E-state index is 12.3. The molecule has 1 aliphatic rings. The second kappa shape index (κ2) is 16.8. The average Bonchev–Trinajstić information content (AvgIpc) is 2.85. The van der Waals surface area contributed by atoms with Gasteiger partial charge in [-0.05, 0) is 18.5 Å². The third kappa shape index (κ3) is 10.3. The van der Waals surface area contributed by atoms with Crippen molar-refractivity contribution in [3.8, 4) is 0 Å². The van der Waals surface area contributed by atoms with E-state index in [1.165, 1.54) is 51.4 Å². The van der Waals surface area contributed by atoms with E-state index >= 15 is 0 Å². The van der Waals surface area contributed by atoms with Crippen molar-refractivity contribution in [2.45, 2.75) is 108 Å². The highest BCUT2D eigenvalue weighted by Gasteiger charge is 2.45. The summed E-state index contributed by atoms with van der Waals surface area (Å²) in [4.78, 5) is 12.3. The molecule has 8 nitrogen and oxygen atoms in total. The highest BCUT2D eigenvalue weighted by molar-refractivity contribution is 5.67. The van der Waals surface area contributed by atoms with Crippen LogP contribution in [0.3, 0.4) is 0 Å². The van der Waals surface area contributed by atoms with Gasteiger partial charge in [-0.2, -0.15) is 0 Å². The van der Waals surface area contributed by atoms with Crippen LogP contribution >= 0.6 is 0 Å². The van der Waals surface area contributed by atoms with Crippen LogP contribution in [-0.4, -0.2) is 65.1 Å². The smallest absolute Gasteiger partial charge is 0.407 e. The van der Waals surface area contributed by atoms with Gasteiger partial charge in [-0.25, -0.2) is 4.79 Å². The zero-order valence-electron chi connectivity index (χ0n) is 20.5. The topological polar surface area (TPSA) is 120 Å². The first-order chi connectivity index (χ1) is 16.6. The Balaban J connectivity index is 1.73. The normalized spacial score (nSPS) is 24.6. The molecular formula is C26H44N2O6. The van der Waals surface area contributed by atoms with Crippen molar-refractivity contribution in [3.05, 3.63) is 35.9 Å². The monoisotopic (exact) mass is 480 g/mol. The number of alkyl carbamates (subject to hydrolysis) is 1. The summed E-state index contributed by atoms with van der Waals surface area (Å²) in [5, 5.41) is 36.2. The summed E-state index contributed by atoms with van der Waals surface area (Å²) >= 11 is 0. The Hall–Kier alpha value is -1.71. The van der Waals surface area contributed by atoms with Gasteiger partial charge >= 0.3 is 6.09 Å². The molecule has 5 atom stereocenters. The molecule has 1 aromatic carbocycles. The molecule has 5 N–H and O–H groups in total. The SMILES string of the molecule is CCCCCCCCCCCCN[C@@H]1O[C@H](CO)[C@@H](O)[C@H](O)[C@H]1NC(=O)OCc1ccccc1. The molecule has 0 aliphatic carbocycles. The second-order valence-electron chi connectivity index (χ2n) is 9.13. The Labute approximate surface area is 204 Å². The molecule has 1 aliphatic heterocycles. The van der Waals surface area contributed by atoms with Crippen molar-refractivity contribution in [2.24, 2.45) is 0 Å². The van der Waals surface area contributed by atoms with Gasteiger partial charge in [0, 0.05) is 0 Å². The van der Waals surface area contributed by atoms with Crippen molar-refractivity contribution in [2.75, 3.05) is 13.2 Å². The van der Waals surface area contributed by atoms with Gasteiger partial charge in [0.25, 0.3) is 0 Å². The van der Waals surface area contributed by atoms with Gasteiger partial charge in [0.2, 0.25) is 0 Å². The van der Waals surface area contributed by atoms with Crippen LogP contribution < -0.4 is 10.6 Å². The molecule has 1 heterocycles. The highest BCUT2D eigenvalue weighted by Crippen LogP contribution is 2.20. The third-order valence-electron chi connectivity index (χ3n) is 6.30. The molecule has 194 valence electrons. The fourth-order valence-corrected chi connectivity index (χ4v) is 4.21. The molecule has 1 saturated heterocycles. The largest absolute Gasteiger partial charge is 0.445 e. The van der Waals surface area contributed by atoms with Crippen molar-refractivity contribution in [1.82, 2.24) is 10.6 Å². The Morgan fingerprint density at radius 3 is 2.18 bits per heavy atom. The number of carbonyl (C=O) groups excluding carboxylic acids is 1. The number of aliphatic hydroxyl groups is 3. The number of aliphatic hydroxyl groups excluding tert-OH is 3. The average molecular weight is 481 g/mol. The van der Waals surface area contributed by atoms with Gasteiger partial charge in [0.05, 0.1) is 6.61 Å². The zero-order chi connectivity index (χ0) is 24.6. The number of amides is 1. The molecule has 1 amide bonds. The van der Waals surface area contributed by atoms with E-state index in [-0.39, 0.29) is 6.61 Å². The fourth-order valence-electron chi connectivity index (χ4n) is 4.21. The Bertz CT molecular complexity index is 662. The molecule has 34 heavy (non-hydrogen) atoms. The van der Waals surface area contributed by atoms with Crippen LogP contribution in [0.2, 0.25) is 0 Å². The van der Waals surface area contributed by atoms with E-state index in [0.717, 1.165) is 18.4 Å². The van der Waals surface area contributed by atoms with Crippen LogP contribution in [0.1, 0.15) is 76.7 Å². The zero-order valence-corrected chi connectivity index (χ0v) is 20.5. The Morgan fingerprint density at radius 2 is 1.56 bits per heavy atom. The molecule has 0 aromatic heterocycles. The van der Waals surface area contributed by atoms with Crippen LogP contribution in [-0.2, 0) is 16.1 Å². The predicted molar refractivity (Wildman–Crippen MR) is 131 cm³/mol. The molecule has 0 saturated carbocycles. The van der Waals surface area contributed by atoms with Gasteiger partial charge in [-0.1, -0.05) is 95.0 Å². The molecule has 0 bridgehead atoms. The Morgan fingerprint density at radius 1 is 0.941 bits per heavy atom. The molecule has 1 aromatic rings. The molecule has 2 rings (SSSR count). The minimum atomic E-state index is -1.32. The summed E-state index contributed by atoms with van der Waals surface area (Å²) in [6, 6.07) is 8.37. The van der Waals surface area contributed by atoms with Crippen LogP contribution in [0, 0.1) is 0 Å². The summed E-state index contributed by atoms with van der Waals surface area (Å²) in [6.45, 7) is 2.53. The van der Waals surface area contributed by atoms with E-state index in [2.05, 4.69) is 17.6 Å². The first-order valence-corrected chi connectivity index (χ1v) is 12.9. The third-order valence-corrected chi connectivity index (χ3v) is 6.30. The van der Waals surface area contributed by atoms with Crippen LogP contribution in [0.15, 0.2) is 30.3 Å². The van der Waals surface area contributed by atoms with Gasteiger partial charge in [-0.15, -0.1) is 0 Å². The number of hydrogen-bond donors (Lipinski definition) is 5. The number of benzene rings is 1. The lowest BCUT2D eigenvalue weighted by molar-refractivity contribution is -0.200. The summed E-state index contributed by atoms with van der Waals surface area (Å²) in [5.74, 6) is 0. The highest BCUT2D eigenvalue weighted by atomic mass is 16.6. The quantitative estimate of drug-likeness (QED) is 0.230. The van der Waals surface area contributed by atoms with E-state index in [0.29, 0.717) is 6.54 Å². The first-order valence-electron chi connectivity index (χ1n) is 12.9. The summed E-state index contributed by atoms with van der Waals surface area (Å²) in [6.07, 6.45) is 7.28. The van der Waals surface area contributed by atoms with Crippen molar-refractivity contribution >= 4 is 6.09 Å². The Kier molecular flexibility index (Phi) is 14.1. The maximum Gasteiger partial charge on any atom is 0.407 e. The molecule has 1 fully saturated rings. The van der Waals surface area contributed by atoms with Gasteiger partial charge < -0.3 is 30.1 Å². The van der Waals surface area contributed by atoms with E-state index in [1.807, 2.05) is 30.3 Å². The van der Waals surface area contributed by atoms with Crippen LogP contribution in [0.25, 0.3) is 0 Å². The number of carbonyl (C=O) groups is 1. The number of unbranched alkanes of at least 4 members (excludes halogenated alkanes) is 9. The molecular weight excluding hydrogens is 436 g/mol. The lowest BCUT2D eigenvalue weighted by Gasteiger charge is -2.42. The van der Waals surface area contributed by atoms with Gasteiger partial charge in [0.15, 0.2) is 0 Å². The lowest BCUT2D eigenvalue weighted by Crippen LogP contribution is -2.67.